The molecule has 0 rings (SSSR count). The molecule has 8 heteroatoms. The quantitative estimate of drug-likeness (QED) is 0.413. The van der Waals surface area contributed by atoms with Crippen molar-refractivity contribution in [1.82, 2.24) is 0 Å². The summed E-state index contributed by atoms with van der Waals surface area (Å²) in [5.41, 5.74) is 0. The predicted octanol–water partition coefficient (Wildman–Crippen LogP) is -1.58. The monoisotopic (exact) mass is 424 g/mol. The fourth-order valence-electron chi connectivity index (χ4n) is 0. The van der Waals surface area contributed by atoms with Crippen LogP contribution in [0.4, 0.5) is 0 Å². The van der Waals surface area contributed by atoms with E-state index in [2.05, 4.69) is 0 Å². The van der Waals surface area contributed by atoms with Crippen molar-refractivity contribution in [2.45, 2.75) is 0 Å². The van der Waals surface area contributed by atoms with Crippen LogP contribution >= 0.6 is 0 Å². The van der Waals surface area contributed by atoms with Gasteiger partial charge in [-0.15, -0.1) is 0 Å². The molecule has 0 aliphatic heterocycles. The van der Waals surface area contributed by atoms with Crippen molar-refractivity contribution >= 4 is 19.4 Å². The van der Waals surface area contributed by atoms with Crippen molar-refractivity contribution in [3.8, 4) is 0 Å². The first-order valence-electron chi connectivity index (χ1n) is 0. The zero-order valence-electron chi connectivity index (χ0n) is 3.74. The zero-order chi connectivity index (χ0) is 0. The maximum absolute atomic E-state index is 0. The summed E-state index contributed by atoms with van der Waals surface area (Å²) >= 11 is 0. The Balaban J connectivity index is 0. The van der Waals surface area contributed by atoms with Gasteiger partial charge in [0.1, 0.15) is 0 Å². The first-order valence-corrected chi connectivity index (χ1v) is 0. The number of hydrogen-bond donors (Lipinski definition) is 0. The molecule has 0 aromatic rings. The van der Waals surface area contributed by atoms with Crippen LogP contribution in [0.1, 0.15) is 0 Å². The Morgan fingerprint density at radius 1 is 1.00 bits per heavy atom. The molecule has 0 heterocycles. The summed E-state index contributed by atoms with van der Waals surface area (Å²) in [5.74, 6) is 0. The van der Waals surface area contributed by atoms with E-state index in [1.54, 1.807) is 0 Å². The van der Waals surface area contributed by atoms with Gasteiger partial charge in [0.25, 0.3) is 0 Å². The minimum atomic E-state index is 0. The third-order valence-corrected chi connectivity index (χ3v) is 0. The average molecular weight is 423 g/mol. The molecule has 0 aliphatic carbocycles. The van der Waals surface area contributed by atoms with Crippen molar-refractivity contribution in [2.24, 2.45) is 0 Å². The van der Waals surface area contributed by atoms with Crippen molar-refractivity contribution in [2.75, 3.05) is 0 Å². The molecule has 0 nitrogen and oxygen atoms in total. The van der Waals surface area contributed by atoms with E-state index in [0.717, 1.165) is 0 Å². The summed E-state index contributed by atoms with van der Waals surface area (Å²) < 4.78 is 0. The minimum Gasteiger partial charge on any atom is -0.0125 e. The number of hydrogen-bond acceptors (Lipinski definition) is 0. The Hall–Kier alpha value is 3.55. The fraction of sp³-hybridized carbons (Fsp3) is 0. The fourth-order valence-corrected chi connectivity index (χ4v) is 0. The smallest absolute Gasteiger partial charge is 0 e. The molecule has 0 unspecified atom stereocenters. The molecule has 0 aromatic heterocycles. The Labute approximate surface area is 124 Å². The van der Waals surface area contributed by atoms with E-state index in [0.29, 0.717) is 0 Å². The van der Waals surface area contributed by atoms with Crippen LogP contribution in [0.15, 0.2) is 0 Å². The first-order chi connectivity index (χ1) is 0. The van der Waals surface area contributed by atoms with E-state index in [9.17, 15) is 0 Å². The second-order valence-corrected chi connectivity index (χ2v) is 0. The molecule has 0 fully saturated rings. The molecule has 0 saturated carbocycles. The van der Waals surface area contributed by atoms with Gasteiger partial charge in [-0.25, -0.2) is 0 Å². The standard InChI is InChI=1S/B.Cr.Cu.Fe.Mn.Mo.Ni.H3Si/h;;;;;;;1H3. The minimum absolute atomic E-state index is 0. The number of rotatable bonds is 0. The van der Waals surface area contributed by atoms with E-state index in [-0.39, 0.29) is 126 Å². The van der Waals surface area contributed by atoms with Crippen molar-refractivity contribution in [1.29, 1.82) is 0 Å². The van der Waals surface area contributed by atoms with Crippen LogP contribution in [0.25, 0.3) is 0 Å². The molecule has 8 heavy (non-hydrogen) atoms. The summed E-state index contributed by atoms with van der Waals surface area (Å²) in [7, 11) is 0. The third-order valence-electron chi connectivity index (χ3n) is 0. The van der Waals surface area contributed by atoms with Gasteiger partial charge in [0.2, 0.25) is 0 Å². The summed E-state index contributed by atoms with van der Waals surface area (Å²) in [5, 5.41) is 0. The van der Waals surface area contributed by atoms with Crippen LogP contribution in [-0.4, -0.2) is 19.4 Å². The van der Waals surface area contributed by atoms with Crippen LogP contribution in [-0.2, 0) is 106 Å². The summed E-state index contributed by atoms with van der Waals surface area (Å²) in [6.07, 6.45) is 0. The van der Waals surface area contributed by atoms with Crippen molar-refractivity contribution in [3.63, 3.8) is 0 Å². The molecular weight excluding hydrogens is 420 g/mol. The van der Waals surface area contributed by atoms with E-state index >= 15 is 0 Å². The molecule has 0 bridgehead atoms. The van der Waals surface area contributed by atoms with Gasteiger partial charge >= 0.3 is 0 Å². The Kier molecular flexibility index (Phi) is 971. The SMILES string of the molecule is [B].[Cr].[Cu].[Fe].[Mn].[Mo].[Ni].[SiH3]. The average Bonchev–Trinajstić information content (AvgIpc) is 0. The van der Waals surface area contributed by atoms with Crippen LogP contribution in [0.2, 0.25) is 0 Å². The first kappa shape index (κ1) is 102. The molecule has 0 saturated heterocycles. The molecule has 0 spiro atoms. The van der Waals surface area contributed by atoms with Gasteiger partial charge in [-0.05, 0) is 11.0 Å². The Morgan fingerprint density at radius 2 is 1.00 bits per heavy atom. The van der Waals surface area contributed by atoms with Crippen molar-refractivity contribution < 1.29 is 106 Å². The summed E-state index contributed by atoms with van der Waals surface area (Å²) in [4.78, 5) is 0. The normalized spacial score (nSPS) is 0. The predicted molar refractivity (Wildman–Crippen MR) is 15.7 cm³/mol. The maximum atomic E-state index is 0. The molecule has 0 atom stereocenters. The van der Waals surface area contributed by atoms with Gasteiger partial charge in [0, 0.05) is 115 Å². The molecule has 0 amide bonds. The van der Waals surface area contributed by atoms with Crippen LogP contribution in [0.3, 0.4) is 0 Å². The van der Waals surface area contributed by atoms with Crippen LogP contribution < -0.4 is 0 Å². The second kappa shape index (κ2) is 76.3. The van der Waals surface area contributed by atoms with Gasteiger partial charge in [0.15, 0.2) is 0 Å². The topological polar surface area (TPSA) is 0 Å². The Bertz CT molecular complexity index is 24.0. The van der Waals surface area contributed by atoms with Gasteiger partial charge in [-0.1, -0.05) is 0 Å². The molecule has 6 radical (unpaired) electrons. The van der Waals surface area contributed by atoms with E-state index in [4.69, 9.17) is 0 Å². The zero-order valence-corrected chi connectivity index (χ0v) is 13.2. The molecule has 0 aliphatic rings. The van der Waals surface area contributed by atoms with Gasteiger partial charge < -0.3 is 0 Å². The molecule has 0 N–H and O–H groups in total. The molecule has 0 aromatic carbocycles. The van der Waals surface area contributed by atoms with Crippen LogP contribution in [0.5, 0.6) is 0 Å². The maximum Gasteiger partial charge on any atom is 0 e. The van der Waals surface area contributed by atoms with Gasteiger partial charge in [-0.3, -0.25) is 0 Å². The summed E-state index contributed by atoms with van der Waals surface area (Å²) in [6.45, 7) is 0. The van der Waals surface area contributed by atoms with Crippen molar-refractivity contribution in [3.05, 3.63) is 0 Å². The third kappa shape index (κ3) is 55.3. The van der Waals surface area contributed by atoms with Gasteiger partial charge in [0.05, 0.1) is 0 Å². The second-order valence-electron chi connectivity index (χ2n) is 0. The largest absolute Gasteiger partial charge is 0.0125 e. The Morgan fingerprint density at radius 3 is 1.00 bits per heavy atom. The van der Waals surface area contributed by atoms with E-state index in [1.807, 2.05) is 0 Å². The van der Waals surface area contributed by atoms with Gasteiger partial charge in [-0.2, -0.15) is 0 Å². The van der Waals surface area contributed by atoms with E-state index in [1.165, 1.54) is 0 Å². The van der Waals surface area contributed by atoms with E-state index < -0.39 is 0 Å². The molecule has 58 valence electrons. The summed E-state index contributed by atoms with van der Waals surface area (Å²) in [6, 6.07) is 0. The molecular formula is H3BCrCuFeMnMoNiSi. The van der Waals surface area contributed by atoms with Crippen LogP contribution in [0, 0.1) is 0 Å².